The summed E-state index contributed by atoms with van der Waals surface area (Å²) in [5, 5.41) is 0. The molecule has 0 aromatic rings. The highest BCUT2D eigenvalue weighted by molar-refractivity contribution is 4.99. The molecule has 1 rings (SSSR count). The third-order valence-corrected chi connectivity index (χ3v) is 1.94. The molecule has 0 heterocycles. The average Bonchev–Trinajstić information content (AvgIpc) is 1.84. The molecule has 0 saturated carbocycles. The summed E-state index contributed by atoms with van der Waals surface area (Å²) >= 11 is 0. The van der Waals surface area contributed by atoms with Crippen molar-refractivity contribution in [3.05, 3.63) is 24.3 Å². The van der Waals surface area contributed by atoms with Gasteiger partial charge in [0.25, 0.3) is 0 Å². The third-order valence-electron chi connectivity index (χ3n) is 1.94. The van der Waals surface area contributed by atoms with Crippen molar-refractivity contribution in [3.63, 3.8) is 0 Å². The predicted octanol–water partition coefficient (Wildman–Crippen LogP) is 3.16. The van der Waals surface area contributed by atoms with Gasteiger partial charge < -0.3 is 0 Å². The fraction of sp³-hybridized carbons (Fsp3) is 0.600. The van der Waals surface area contributed by atoms with Crippen LogP contribution in [0.3, 0.4) is 0 Å². The Balaban J connectivity index is 2.48. The summed E-state index contributed by atoms with van der Waals surface area (Å²) in [6.45, 7) is 4.52. The van der Waals surface area contributed by atoms with Crippen molar-refractivity contribution in [2.75, 3.05) is 0 Å². The van der Waals surface area contributed by atoms with Gasteiger partial charge in [-0.05, 0) is 24.7 Å². The summed E-state index contributed by atoms with van der Waals surface area (Å²) in [6.07, 6.45) is 11.7. The zero-order valence-electron chi connectivity index (χ0n) is 6.88. The molecule has 0 spiro atoms. The van der Waals surface area contributed by atoms with E-state index in [1.165, 1.54) is 12.8 Å². The summed E-state index contributed by atoms with van der Waals surface area (Å²) in [6, 6.07) is 0. The third kappa shape index (κ3) is 2.38. The highest BCUT2D eigenvalue weighted by atomic mass is 14.0. The van der Waals surface area contributed by atoms with Gasteiger partial charge in [-0.3, -0.25) is 0 Å². The average molecular weight is 136 g/mol. The van der Waals surface area contributed by atoms with E-state index >= 15 is 0 Å². The lowest BCUT2D eigenvalue weighted by atomic mass is 9.98. The summed E-state index contributed by atoms with van der Waals surface area (Å²) < 4.78 is 0. The van der Waals surface area contributed by atoms with E-state index in [-0.39, 0.29) is 0 Å². The number of hydrogen-bond donors (Lipinski definition) is 0. The molecule has 0 aromatic heterocycles. The maximum Gasteiger partial charge on any atom is -0.0227 e. The second-order valence-corrected chi connectivity index (χ2v) is 3.28. The van der Waals surface area contributed by atoms with E-state index in [2.05, 4.69) is 38.2 Å². The van der Waals surface area contributed by atoms with E-state index in [9.17, 15) is 0 Å². The largest absolute Gasteiger partial charge is 0.0877 e. The van der Waals surface area contributed by atoms with Gasteiger partial charge in [0.2, 0.25) is 0 Å². The minimum absolute atomic E-state index is 0.740. The highest BCUT2D eigenvalue weighted by Gasteiger charge is 1.99. The first-order chi connectivity index (χ1) is 4.79. The van der Waals surface area contributed by atoms with Gasteiger partial charge in [-0.25, -0.2) is 0 Å². The Labute approximate surface area is 63.6 Å². The van der Waals surface area contributed by atoms with Crippen LogP contribution in [0.15, 0.2) is 24.3 Å². The molecule has 1 aliphatic rings. The molecule has 0 aliphatic heterocycles. The minimum atomic E-state index is 0.740. The van der Waals surface area contributed by atoms with E-state index in [4.69, 9.17) is 0 Å². The molecule has 0 N–H and O–H groups in total. The first-order valence-corrected chi connectivity index (χ1v) is 4.12. The lowest BCUT2D eigenvalue weighted by Gasteiger charge is -2.08. The van der Waals surface area contributed by atoms with E-state index in [1.54, 1.807) is 0 Å². The Kier molecular flexibility index (Phi) is 2.73. The second-order valence-electron chi connectivity index (χ2n) is 3.28. The van der Waals surface area contributed by atoms with E-state index in [1.807, 2.05) is 0 Å². The molecule has 0 amide bonds. The molecule has 2 atom stereocenters. The smallest absolute Gasteiger partial charge is 0.0227 e. The van der Waals surface area contributed by atoms with Crippen molar-refractivity contribution < 1.29 is 0 Å². The molecule has 0 heteroatoms. The van der Waals surface area contributed by atoms with Gasteiger partial charge in [0.05, 0.1) is 0 Å². The molecule has 0 nitrogen and oxygen atoms in total. The number of rotatable bonds is 0. The molecule has 0 aromatic carbocycles. The van der Waals surface area contributed by atoms with Gasteiger partial charge in [0.1, 0.15) is 0 Å². The van der Waals surface area contributed by atoms with Gasteiger partial charge in [0, 0.05) is 0 Å². The fourth-order valence-corrected chi connectivity index (χ4v) is 1.21. The van der Waals surface area contributed by atoms with Crippen molar-refractivity contribution in [1.82, 2.24) is 0 Å². The summed E-state index contributed by atoms with van der Waals surface area (Å²) in [5.41, 5.74) is 0. The van der Waals surface area contributed by atoms with Crippen LogP contribution in [-0.2, 0) is 0 Å². The number of allylic oxidation sites excluding steroid dienone is 4. The maximum atomic E-state index is 2.32. The van der Waals surface area contributed by atoms with Crippen LogP contribution in [0, 0.1) is 11.8 Å². The van der Waals surface area contributed by atoms with Crippen LogP contribution in [0.4, 0.5) is 0 Å². The molecular formula is C10H16. The van der Waals surface area contributed by atoms with Crippen LogP contribution in [-0.4, -0.2) is 0 Å². The lowest BCUT2D eigenvalue weighted by molar-refractivity contribution is 0.681. The van der Waals surface area contributed by atoms with Crippen LogP contribution >= 0.6 is 0 Å². The number of hydrogen-bond acceptors (Lipinski definition) is 0. The molecule has 1 aliphatic carbocycles. The van der Waals surface area contributed by atoms with Crippen LogP contribution in [0.2, 0.25) is 0 Å². The van der Waals surface area contributed by atoms with Crippen molar-refractivity contribution in [3.8, 4) is 0 Å². The Morgan fingerprint density at radius 2 is 1.30 bits per heavy atom. The zero-order valence-corrected chi connectivity index (χ0v) is 6.88. The summed E-state index contributed by atoms with van der Waals surface area (Å²) in [7, 11) is 0. The molecule has 10 heavy (non-hydrogen) atoms. The normalized spacial score (nSPS) is 39.8. The van der Waals surface area contributed by atoms with Crippen molar-refractivity contribution in [1.29, 1.82) is 0 Å². The van der Waals surface area contributed by atoms with E-state index in [0.717, 1.165) is 11.8 Å². The van der Waals surface area contributed by atoms with Gasteiger partial charge in [0.15, 0.2) is 0 Å². The highest BCUT2D eigenvalue weighted by Crippen LogP contribution is 2.13. The Morgan fingerprint density at radius 3 is 1.70 bits per heavy atom. The first-order valence-electron chi connectivity index (χ1n) is 4.12. The Morgan fingerprint density at radius 1 is 0.900 bits per heavy atom. The molecule has 56 valence electrons. The quantitative estimate of drug-likeness (QED) is 0.449. The van der Waals surface area contributed by atoms with Crippen molar-refractivity contribution >= 4 is 0 Å². The van der Waals surface area contributed by atoms with Crippen LogP contribution in [0.5, 0.6) is 0 Å². The monoisotopic (exact) mass is 136 g/mol. The topological polar surface area (TPSA) is 0 Å². The standard InChI is InChI=1S/C10H16/c1-9-5-3-7-10(2)8-4-6-9/h3-5,8-10H,6-7H2,1-2H3/b5-3-,8-4-/t9-,10-. The van der Waals surface area contributed by atoms with Gasteiger partial charge in [-0.2, -0.15) is 0 Å². The van der Waals surface area contributed by atoms with Crippen molar-refractivity contribution in [2.24, 2.45) is 11.8 Å². The molecule has 0 fully saturated rings. The summed E-state index contributed by atoms with van der Waals surface area (Å²) in [5.74, 6) is 1.48. The molecule has 0 bridgehead atoms. The SMILES string of the molecule is C[C@@H]1/C=C\C[C@@H](C)/C=C\C1. The molecular weight excluding hydrogens is 120 g/mol. The van der Waals surface area contributed by atoms with E-state index in [0.29, 0.717) is 0 Å². The molecule has 0 unspecified atom stereocenters. The van der Waals surface area contributed by atoms with Crippen LogP contribution in [0.1, 0.15) is 26.7 Å². The first kappa shape index (κ1) is 7.59. The van der Waals surface area contributed by atoms with Crippen LogP contribution in [0.25, 0.3) is 0 Å². The van der Waals surface area contributed by atoms with Gasteiger partial charge >= 0.3 is 0 Å². The van der Waals surface area contributed by atoms with Crippen LogP contribution < -0.4 is 0 Å². The maximum absolute atomic E-state index is 2.32. The zero-order chi connectivity index (χ0) is 7.40. The minimum Gasteiger partial charge on any atom is -0.0877 e. The van der Waals surface area contributed by atoms with E-state index < -0.39 is 0 Å². The fourth-order valence-electron chi connectivity index (χ4n) is 1.21. The lowest BCUT2D eigenvalue weighted by Crippen LogP contribution is -1.93. The Hall–Kier alpha value is -0.520. The Bertz CT molecular complexity index is 124. The molecule has 0 radical (unpaired) electrons. The van der Waals surface area contributed by atoms with Crippen molar-refractivity contribution in [2.45, 2.75) is 26.7 Å². The van der Waals surface area contributed by atoms with Gasteiger partial charge in [-0.1, -0.05) is 38.2 Å². The summed E-state index contributed by atoms with van der Waals surface area (Å²) in [4.78, 5) is 0. The van der Waals surface area contributed by atoms with Gasteiger partial charge in [-0.15, -0.1) is 0 Å². The second kappa shape index (κ2) is 3.60. The predicted molar refractivity (Wildman–Crippen MR) is 45.8 cm³/mol. The molecule has 0 saturated heterocycles.